The third kappa shape index (κ3) is 2.34. The third-order valence-corrected chi connectivity index (χ3v) is 1.91. The van der Waals surface area contributed by atoms with Gasteiger partial charge in [-0.3, -0.25) is 4.79 Å². The number of halogens is 1. The number of rotatable bonds is 3. The lowest BCUT2D eigenvalue weighted by molar-refractivity contribution is -0.136. The number of imidazole rings is 1. The van der Waals surface area contributed by atoms with Crippen molar-refractivity contribution in [2.24, 2.45) is 0 Å². The van der Waals surface area contributed by atoms with Gasteiger partial charge in [-0.05, 0) is 0 Å². The van der Waals surface area contributed by atoms with Gasteiger partial charge in [0.05, 0.1) is 0 Å². The molecule has 0 aliphatic carbocycles. The summed E-state index contributed by atoms with van der Waals surface area (Å²) in [5.74, 6) is -0.198. The molecule has 1 aromatic heterocycles. The van der Waals surface area contributed by atoms with Gasteiger partial charge in [-0.1, -0.05) is 15.9 Å². The lowest BCUT2D eigenvalue weighted by Gasteiger charge is -1.99. The lowest BCUT2D eigenvalue weighted by atomic mass is 10.3. The Hall–Kier alpha value is -0.840. The van der Waals surface area contributed by atoms with E-state index < -0.39 is 10.8 Å². The third-order valence-electron chi connectivity index (χ3n) is 1.20. The van der Waals surface area contributed by atoms with E-state index in [2.05, 4.69) is 25.9 Å². The van der Waals surface area contributed by atoms with E-state index in [0.29, 0.717) is 12.2 Å². The molecule has 0 aliphatic rings. The highest BCUT2D eigenvalue weighted by Gasteiger charge is 2.14. The zero-order valence-corrected chi connectivity index (χ0v) is 7.21. The van der Waals surface area contributed by atoms with Crippen LogP contribution in [0.5, 0.6) is 0 Å². The van der Waals surface area contributed by atoms with Crippen LogP contribution in [-0.2, 0) is 11.2 Å². The summed E-state index contributed by atoms with van der Waals surface area (Å²) in [6, 6.07) is 0. The highest BCUT2D eigenvalue weighted by Crippen LogP contribution is 2.05. The molecule has 0 spiro atoms. The first-order valence-electron chi connectivity index (χ1n) is 3.05. The SMILES string of the molecule is O=C(O)[C@@H](Br)Cc1ncc[nH]1. The summed E-state index contributed by atoms with van der Waals surface area (Å²) < 4.78 is 0. The number of aromatic amines is 1. The fraction of sp³-hybridized carbons (Fsp3) is 0.333. The molecule has 2 N–H and O–H groups in total. The first-order chi connectivity index (χ1) is 5.20. The largest absolute Gasteiger partial charge is 0.480 e. The highest BCUT2D eigenvalue weighted by atomic mass is 79.9. The van der Waals surface area contributed by atoms with E-state index in [0.717, 1.165) is 0 Å². The number of aliphatic carboxylic acids is 1. The molecule has 1 rings (SSSR count). The number of nitrogens with zero attached hydrogens (tertiary/aromatic N) is 1. The van der Waals surface area contributed by atoms with Crippen molar-refractivity contribution in [3.8, 4) is 0 Å². The summed E-state index contributed by atoms with van der Waals surface area (Å²) in [7, 11) is 0. The molecule has 11 heavy (non-hydrogen) atoms. The van der Waals surface area contributed by atoms with Crippen LogP contribution in [0.3, 0.4) is 0 Å². The monoisotopic (exact) mass is 218 g/mol. The molecule has 0 unspecified atom stereocenters. The topological polar surface area (TPSA) is 66.0 Å². The Kier molecular flexibility index (Phi) is 2.64. The molecular formula is C6H7BrN2O2. The van der Waals surface area contributed by atoms with Crippen LogP contribution < -0.4 is 0 Å². The van der Waals surface area contributed by atoms with Gasteiger partial charge in [0.1, 0.15) is 10.7 Å². The Labute approximate surface area is 71.8 Å². The van der Waals surface area contributed by atoms with Gasteiger partial charge < -0.3 is 10.1 Å². The molecule has 4 nitrogen and oxygen atoms in total. The van der Waals surface area contributed by atoms with Crippen LogP contribution in [-0.4, -0.2) is 25.9 Å². The molecule has 1 heterocycles. The molecule has 60 valence electrons. The van der Waals surface area contributed by atoms with E-state index in [4.69, 9.17) is 5.11 Å². The molecule has 0 aromatic carbocycles. The van der Waals surface area contributed by atoms with Crippen molar-refractivity contribution in [1.29, 1.82) is 0 Å². The fourth-order valence-electron chi connectivity index (χ4n) is 0.667. The molecule has 1 atom stereocenters. The lowest BCUT2D eigenvalue weighted by Crippen LogP contribution is -2.15. The second kappa shape index (κ2) is 3.52. The van der Waals surface area contributed by atoms with Crippen LogP contribution in [0.4, 0.5) is 0 Å². The van der Waals surface area contributed by atoms with Gasteiger partial charge in [0.25, 0.3) is 0 Å². The molecule has 1 aromatic rings. The number of carboxylic acids is 1. The summed E-state index contributed by atoms with van der Waals surface area (Å²) in [5, 5.41) is 8.49. The normalized spacial score (nSPS) is 12.8. The average molecular weight is 219 g/mol. The van der Waals surface area contributed by atoms with Crippen LogP contribution in [0.25, 0.3) is 0 Å². The maximum Gasteiger partial charge on any atom is 0.317 e. The highest BCUT2D eigenvalue weighted by molar-refractivity contribution is 9.10. The Morgan fingerprint density at radius 3 is 3.09 bits per heavy atom. The molecule has 5 heteroatoms. The average Bonchev–Trinajstić information content (AvgIpc) is 2.39. The minimum absolute atomic E-state index is 0.377. The first kappa shape index (κ1) is 8.26. The zero-order chi connectivity index (χ0) is 8.27. The maximum absolute atomic E-state index is 10.3. The number of hydrogen-bond acceptors (Lipinski definition) is 2. The molecule has 0 saturated carbocycles. The van der Waals surface area contributed by atoms with Crippen molar-refractivity contribution in [3.05, 3.63) is 18.2 Å². The molecular weight excluding hydrogens is 212 g/mol. The molecule has 0 radical (unpaired) electrons. The second-order valence-electron chi connectivity index (χ2n) is 2.05. The van der Waals surface area contributed by atoms with E-state index in [-0.39, 0.29) is 0 Å². The van der Waals surface area contributed by atoms with Gasteiger partial charge in [0, 0.05) is 18.8 Å². The maximum atomic E-state index is 10.3. The minimum Gasteiger partial charge on any atom is -0.480 e. The van der Waals surface area contributed by atoms with E-state index in [1.54, 1.807) is 12.4 Å². The van der Waals surface area contributed by atoms with Crippen LogP contribution in [0.2, 0.25) is 0 Å². The number of carbonyl (C=O) groups is 1. The molecule has 0 bridgehead atoms. The van der Waals surface area contributed by atoms with Crippen molar-refractivity contribution in [3.63, 3.8) is 0 Å². The van der Waals surface area contributed by atoms with Crippen molar-refractivity contribution < 1.29 is 9.90 Å². The summed E-state index contributed by atoms with van der Waals surface area (Å²) in [5.41, 5.74) is 0. The van der Waals surface area contributed by atoms with E-state index in [1.807, 2.05) is 0 Å². The molecule has 0 saturated heterocycles. The predicted octanol–water partition coefficient (Wildman–Crippen LogP) is 0.800. The summed E-state index contributed by atoms with van der Waals surface area (Å²) in [6.07, 6.45) is 3.64. The summed E-state index contributed by atoms with van der Waals surface area (Å²) in [4.78, 5) is 16.5. The first-order valence-corrected chi connectivity index (χ1v) is 3.97. The number of hydrogen-bond donors (Lipinski definition) is 2. The van der Waals surface area contributed by atoms with Crippen LogP contribution in [0.15, 0.2) is 12.4 Å². The van der Waals surface area contributed by atoms with Crippen molar-refractivity contribution >= 4 is 21.9 Å². The standard InChI is InChI=1S/C6H7BrN2O2/c7-4(6(10)11)3-5-8-1-2-9-5/h1-2,4H,3H2,(H,8,9)(H,10,11)/t4-/m0/s1. The number of nitrogens with one attached hydrogen (secondary N) is 1. The number of alkyl halides is 1. The molecule has 0 fully saturated rings. The van der Waals surface area contributed by atoms with Crippen molar-refractivity contribution in [2.75, 3.05) is 0 Å². The van der Waals surface area contributed by atoms with Gasteiger partial charge in [-0.15, -0.1) is 0 Å². The van der Waals surface area contributed by atoms with Crippen molar-refractivity contribution in [1.82, 2.24) is 9.97 Å². The van der Waals surface area contributed by atoms with Crippen LogP contribution >= 0.6 is 15.9 Å². The van der Waals surface area contributed by atoms with E-state index in [9.17, 15) is 4.79 Å². The van der Waals surface area contributed by atoms with Gasteiger partial charge in [-0.25, -0.2) is 4.98 Å². The second-order valence-corrected chi connectivity index (χ2v) is 3.15. The number of carboxylic acid groups (broad SMARTS) is 1. The predicted molar refractivity (Wildman–Crippen MR) is 42.6 cm³/mol. The van der Waals surface area contributed by atoms with Gasteiger partial charge in [0.2, 0.25) is 0 Å². The van der Waals surface area contributed by atoms with Gasteiger partial charge in [-0.2, -0.15) is 0 Å². The minimum atomic E-state index is -0.874. The fourth-order valence-corrected chi connectivity index (χ4v) is 0.973. The van der Waals surface area contributed by atoms with Gasteiger partial charge >= 0.3 is 5.97 Å². The molecule has 0 amide bonds. The smallest absolute Gasteiger partial charge is 0.317 e. The van der Waals surface area contributed by atoms with Gasteiger partial charge in [0.15, 0.2) is 0 Å². The van der Waals surface area contributed by atoms with Crippen LogP contribution in [0.1, 0.15) is 5.82 Å². The van der Waals surface area contributed by atoms with E-state index >= 15 is 0 Å². The summed E-state index contributed by atoms with van der Waals surface area (Å²) >= 11 is 3.00. The Bertz CT molecular complexity index is 235. The number of aromatic nitrogens is 2. The Morgan fingerprint density at radius 2 is 2.64 bits per heavy atom. The quantitative estimate of drug-likeness (QED) is 0.739. The Balaban J connectivity index is 2.50. The van der Waals surface area contributed by atoms with E-state index in [1.165, 1.54) is 0 Å². The summed E-state index contributed by atoms with van der Waals surface area (Å²) in [6.45, 7) is 0. The number of H-pyrrole nitrogens is 1. The van der Waals surface area contributed by atoms with Crippen molar-refractivity contribution in [2.45, 2.75) is 11.2 Å². The van der Waals surface area contributed by atoms with Crippen LogP contribution in [0, 0.1) is 0 Å². The molecule has 0 aliphatic heterocycles. The Morgan fingerprint density at radius 1 is 1.91 bits per heavy atom. The zero-order valence-electron chi connectivity index (χ0n) is 5.62.